The molecule has 166 valence electrons. The molecule has 2 rings (SSSR count). The first-order valence-electron chi connectivity index (χ1n) is 12.4. The van der Waals surface area contributed by atoms with Gasteiger partial charge in [0, 0.05) is 6.61 Å². The maximum absolute atomic E-state index is 9.73. The lowest BCUT2D eigenvalue weighted by Gasteiger charge is -2.16. The van der Waals surface area contributed by atoms with Crippen LogP contribution in [0.15, 0.2) is 0 Å². The number of aliphatic hydroxyl groups excluding tert-OH is 1. The number of unbranched alkanes of at least 4 members (excludes halogenated alkanes) is 15. The molecule has 28 heavy (non-hydrogen) atoms. The third-order valence-electron chi connectivity index (χ3n) is 6.31. The van der Waals surface area contributed by atoms with Gasteiger partial charge in [0.15, 0.2) is 0 Å². The zero-order valence-corrected chi connectivity index (χ0v) is 18.4. The molecule has 4 heteroatoms. The quantitative estimate of drug-likeness (QED) is 0.297. The molecule has 0 saturated carbocycles. The van der Waals surface area contributed by atoms with Crippen molar-refractivity contribution in [2.24, 2.45) is 0 Å². The smallest absolute Gasteiger partial charge is 0.115 e. The summed E-state index contributed by atoms with van der Waals surface area (Å²) in [4.78, 5) is 0. The van der Waals surface area contributed by atoms with Gasteiger partial charge in [-0.05, 0) is 6.42 Å². The van der Waals surface area contributed by atoms with Crippen LogP contribution in [0.3, 0.4) is 0 Å². The van der Waals surface area contributed by atoms with Crippen molar-refractivity contribution in [3.05, 3.63) is 0 Å². The van der Waals surface area contributed by atoms with Crippen molar-refractivity contribution in [1.82, 2.24) is 0 Å². The number of aliphatic hydroxyl groups is 1. The predicted molar refractivity (Wildman–Crippen MR) is 115 cm³/mol. The molecule has 0 amide bonds. The second-order valence-corrected chi connectivity index (χ2v) is 8.88. The van der Waals surface area contributed by atoms with Crippen molar-refractivity contribution >= 4 is 0 Å². The molecule has 4 unspecified atom stereocenters. The molecule has 0 aromatic carbocycles. The van der Waals surface area contributed by atoms with E-state index in [0.29, 0.717) is 13.2 Å². The standard InChI is InChI=1S/C24H46O4/c1-2-3-4-5-6-7-8-9-10-11-12-13-14-15-16-17-18-26-22-20-28-23-21(25)19-27-24(22)23/h21-25H,2-20H2,1H3. The van der Waals surface area contributed by atoms with Crippen molar-refractivity contribution < 1.29 is 19.3 Å². The maximum atomic E-state index is 9.73. The molecular formula is C24H46O4. The molecule has 2 aliphatic heterocycles. The van der Waals surface area contributed by atoms with E-state index in [4.69, 9.17) is 14.2 Å². The first-order valence-corrected chi connectivity index (χ1v) is 12.4. The average molecular weight is 399 g/mol. The molecule has 2 fully saturated rings. The molecule has 2 heterocycles. The van der Waals surface area contributed by atoms with Gasteiger partial charge in [-0.25, -0.2) is 0 Å². The monoisotopic (exact) mass is 398 g/mol. The van der Waals surface area contributed by atoms with Crippen LogP contribution in [0.25, 0.3) is 0 Å². The second kappa shape index (κ2) is 15.6. The van der Waals surface area contributed by atoms with Gasteiger partial charge in [0.1, 0.15) is 24.4 Å². The van der Waals surface area contributed by atoms with E-state index in [-0.39, 0.29) is 18.3 Å². The number of hydrogen-bond donors (Lipinski definition) is 1. The summed E-state index contributed by atoms with van der Waals surface area (Å²) in [7, 11) is 0. The number of rotatable bonds is 18. The fraction of sp³-hybridized carbons (Fsp3) is 1.00. The Kier molecular flexibility index (Phi) is 13.5. The highest BCUT2D eigenvalue weighted by Crippen LogP contribution is 2.28. The summed E-state index contributed by atoms with van der Waals surface area (Å²) in [5.41, 5.74) is 0. The van der Waals surface area contributed by atoms with E-state index in [9.17, 15) is 5.11 Å². The van der Waals surface area contributed by atoms with Crippen LogP contribution in [0.5, 0.6) is 0 Å². The molecular weight excluding hydrogens is 352 g/mol. The minimum Gasteiger partial charge on any atom is -0.388 e. The molecule has 0 bridgehead atoms. The summed E-state index contributed by atoms with van der Waals surface area (Å²) in [6.45, 7) is 4.02. The summed E-state index contributed by atoms with van der Waals surface area (Å²) in [5, 5.41) is 9.73. The van der Waals surface area contributed by atoms with Crippen LogP contribution in [0.4, 0.5) is 0 Å². The van der Waals surface area contributed by atoms with Crippen molar-refractivity contribution in [2.45, 2.75) is 134 Å². The Morgan fingerprint density at radius 1 is 0.643 bits per heavy atom. The second-order valence-electron chi connectivity index (χ2n) is 8.88. The molecule has 4 nitrogen and oxygen atoms in total. The first-order chi connectivity index (χ1) is 13.8. The largest absolute Gasteiger partial charge is 0.388 e. The molecule has 0 radical (unpaired) electrons. The highest BCUT2D eigenvalue weighted by Gasteiger charge is 2.47. The van der Waals surface area contributed by atoms with Gasteiger partial charge in [-0.15, -0.1) is 0 Å². The Bertz CT molecular complexity index is 363. The van der Waals surface area contributed by atoms with Crippen molar-refractivity contribution in [3.63, 3.8) is 0 Å². The van der Waals surface area contributed by atoms with Gasteiger partial charge in [0.2, 0.25) is 0 Å². The van der Waals surface area contributed by atoms with E-state index in [0.717, 1.165) is 13.0 Å². The SMILES string of the molecule is CCCCCCCCCCCCCCCCCCOC1COC2C(O)COC12. The zero-order chi connectivity index (χ0) is 19.9. The lowest BCUT2D eigenvalue weighted by atomic mass is 10.0. The van der Waals surface area contributed by atoms with Gasteiger partial charge in [-0.3, -0.25) is 0 Å². The molecule has 1 N–H and O–H groups in total. The van der Waals surface area contributed by atoms with E-state index in [1.807, 2.05) is 0 Å². The summed E-state index contributed by atoms with van der Waals surface area (Å²) in [6, 6.07) is 0. The summed E-state index contributed by atoms with van der Waals surface area (Å²) in [6.07, 6.45) is 21.5. The van der Waals surface area contributed by atoms with Gasteiger partial charge in [0.05, 0.1) is 13.2 Å². The van der Waals surface area contributed by atoms with Crippen molar-refractivity contribution in [3.8, 4) is 0 Å². The minimum absolute atomic E-state index is 0.0125. The fourth-order valence-corrected chi connectivity index (χ4v) is 4.47. The van der Waals surface area contributed by atoms with Crippen LogP contribution in [0, 0.1) is 0 Å². The molecule has 0 aliphatic carbocycles. The third-order valence-corrected chi connectivity index (χ3v) is 6.31. The Labute approximate surface area is 173 Å². The van der Waals surface area contributed by atoms with Crippen LogP contribution < -0.4 is 0 Å². The highest BCUT2D eigenvalue weighted by atomic mass is 16.6. The Balaban J connectivity index is 1.26. The number of ether oxygens (including phenoxy) is 3. The minimum atomic E-state index is -0.478. The lowest BCUT2D eigenvalue weighted by Crippen LogP contribution is -2.33. The molecule has 2 saturated heterocycles. The lowest BCUT2D eigenvalue weighted by molar-refractivity contribution is -0.0378. The zero-order valence-electron chi connectivity index (χ0n) is 18.4. The molecule has 0 aromatic heterocycles. The van der Waals surface area contributed by atoms with E-state index in [1.165, 1.54) is 96.3 Å². The summed E-state index contributed by atoms with van der Waals surface area (Å²) in [5.74, 6) is 0. The maximum Gasteiger partial charge on any atom is 0.115 e. The fourth-order valence-electron chi connectivity index (χ4n) is 4.47. The third kappa shape index (κ3) is 9.56. The van der Waals surface area contributed by atoms with Crippen LogP contribution in [0.2, 0.25) is 0 Å². The summed E-state index contributed by atoms with van der Waals surface area (Å²) < 4.78 is 17.1. The van der Waals surface area contributed by atoms with Gasteiger partial charge in [0.25, 0.3) is 0 Å². The van der Waals surface area contributed by atoms with E-state index >= 15 is 0 Å². The predicted octanol–water partition coefficient (Wildman–Crippen LogP) is 5.79. The topological polar surface area (TPSA) is 47.9 Å². The van der Waals surface area contributed by atoms with Gasteiger partial charge >= 0.3 is 0 Å². The average Bonchev–Trinajstić information content (AvgIpc) is 3.27. The summed E-state index contributed by atoms with van der Waals surface area (Å²) >= 11 is 0. The van der Waals surface area contributed by atoms with Crippen LogP contribution in [-0.2, 0) is 14.2 Å². The van der Waals surface area contributed by atoms with Gasteiger partial charge in [-0.2, -0.15) is 0 Å². The van der Waals surface area contributed by atoms with Crippen LogP contribution in [-0.4, -0.2) is 49.3 Å². The van der Waals surface area contributed by atoms with E-state index in [1.54, 1.807) is 0 Å². The Morgan fingerprint density at radius 2 is 1.11 bits per heavy atom. The number of hydrogen-bond acceptors (Lipinski definition) is 4. The highest BCUT2D eigenvalue weighted by molar-refractivity contribution is 4.94. The Hall–Kier alpha value is -0.160. The first kappa shape index (κ1) is 24.1. The number of fused-ring (bicyclic) bond motifs is 1. The molecule has 4 atom stereocenters. The van der Waals surface area contributed by atoms with E-state index < -0.39 is 6.10 Å². The molecule has 2 aliphatic rings. The van der Waals surface area contributed by atoms with Crippen molar-refractivity contribution in [1.29, 1.82) is 0 Å². The van der Waals surface area contributed by atoms with E-state index in [2.05, 4.69) is 6.92 Å². The van der Waals surface area contributed by atoms with Gasteiger partial charge in [-0.1, -0.05) is 103 Å². The van der Waals surface area contributed by atoms with Crippen molar-refractivity contribution in [2.75, 3.05) is 19.8 Å². The van der Waals surface area contributed by atoms with Crippen LogP contribution in [0.1, 0.15) is 110 Å². The molecule has 0 aromatic rings. The van der Waals surface area contributed by atoms with Crippen LogP contribution >= 0.6 is 0 Å². The Morgan fingerprint density at radius 3 is 1.64 bits per heavy atom. The van der Waals surface area contributed by atoms with Gasteiger partial charge < -0.3 is 19.3 Å². The molecule has 0 spiro atoms. The normalized spacial score (nSPS) is 26.8.